The van der Waals surface area contributed by atoms with Crippen LogP contribution in [0.1, 0.15) is 30.5 Å². The molecule has 0 aliphatic carbocycles. The number of fused-ring (bicyclic) bond motifs is 1. The Morgan fingerprint density at radius 3 is 2.43 bits per heavy atom. The van der Waals surface area contributed by atoms with Crippen molar-refractivity contribution in [1.29, 1.82) is 5.26 Å². The van der Waals surface area contributed by atoms with Gasteiger partial charge in [-0.05, 0) is 54.8 Å². The molecular weight excluding hydrogens is 286 g/mol. The van der Waals surface area contributed by atoms with Gasteiger partial charge in [-0.2, -0.15) is 10.4 Å². The lowest BCUT2D eigenvalue weighted by Gasteiger charge is -2.11. The van der Waals surface area contributed by atoms with E-state index in [-0.39, 0.29) is 5.78 Å². The molecule has 3 aromatic rings. The van der Waals surface area contributed by atoms with Crippen LogP contribution in [0.2, 0.25) is 0 Å². The summed E-state index contributed by atoms with van der Waals surface area (Å²) >= 11 is 0. The van der Waals surface area contributed by atoms with Crippen LogP contribution in [0, 0.1) is 11.3 Å². The van der Waals surface area contributed by atoms with Gasteiger partial charge in [0.25, 0.3) is 0 Å². The number of carbonyl (C=O) groups excluding carboxylic acids is 1. The molecule has 1 aromatic heterocycles. The number of H-pyrrole nitrogens is 1. The highest BCUT2D eigenvalue weighted by Gasteiger charge is 2.13. The first-order valence-corrected chi connectivity index (χ1v) is 7.26. The Kier molecular flexibility index (Phi) is 3.78. The highest BCUT2D eigenvalue weighted by molar-refractivity contribution is 6.27. The number of nitriles is 1. The van der Waals surface area contributed by atoms with Crippen molar-refractivity contribution in [3.63, 3.8) is 0 Å². The van der Waals surface area contributed by atoms with E-state index >= 15 is 0 Å². The zero-order valence-corrected chi connectivity index (χ0v) is 12.9. The SMILES string of the molecule is CC(=O)/C(=C(\C)c1ccc(C#N)cc1)c1ccc2[nH]ncc2c1. The van der Waals surface area contributed by atoms with Crippen LogP contribution in [0.3, 0.4) is 0 Å². The average molecular weight is 301 g/mol. The molecule has 4 nitrogen and oxygen atoms in total. The Labute approximate surface area is 134 Å². The van der Waals surface area contributed by atoms with Crippen molar-refractivity contribution >= 4 is 27.8 Å². The number of nitrogens with zero attached hydrogens (tertiary/aromatic N) is 2. The lowest BCUT2D eigenvalue weighted by atomic mass is 9.92. The van der Waals surface area contributed by atoms with Gasteiger partial charge in [-0.1, -0.05) is 18.2 Å². The molecule has 0 fully saturated rings. The van der Waals surface area contributed by atoms with E-state index in [9.17, 15) is 4.79 Å². The Balaban J connectivity index is 2.15. The Morgan fingerprint density at radius 2 is 1.78 bits per heavy atom. The van der Waals surface area contributed by atoms with Crippen LogP contribution >= 0.6 is 0 Å². The van der Waals surface area contributed by atoms with E-state index in [1.165, 1.54) is 0 Å². The van der Waals surface area contributed by atoms with E-state index in [2.05, 4.69) is 16.3 Å². The largest absolute Gasteiger partial charge is 0.294 e. The van der Waals surface area contributed by atoms with E-state index in [1.54, 1.807) is 25.3 Å². The number of benzene rings is 2. The summed E-state index contributed by atoms with van der Waals surface area (Å²) in [4.78, 5) is 12.2. The molecule has 0 atom stereocenters. The number of nitrogens with one attached hydrogen (secondary N) is 1. The van der Waals surface area contributed by atoms with Crippen LogP contribution in [0.25, 0.3) is 22.0 Å². The minimum Gasteiger partial charge on any atom is -0.294 e. The molecule has 0 spiro atoms. The van der Waals surface area contributed by atoms with E-state index in [0.29, 0.717) is 11.1 Å². The molecule has 0 bridgehead atoms. The fraction of sp³-hybridized carbons (Fsp3) is 0.105. The number of carbonyl (C=O) groups is 1. The quantitative estimate of drug-likeness (QED) is 0.588. The third kappa shape index (κ3) is 2.77. The molecule has 4 heteroatoms. The number of allylic oxidation sites excluding steroid dienone is 2. The van der Waals surface area contributed by atoms with Gasteiger partial charge in [-0.25, -0.2) is 0 Å². The first-order chi connectivity index (χ1) is 11.1. The van der Waals surface area contributed by atoms with Crippen molar-refractivity contribution < 1.29 is 4.79 Å². The second kappa shape index (κ2) is 5.90. The maximum absolute atomic E-state index is 12.2. The Morgan fingerprint density at radius 1 is 1.09 bits per heavy atom. The third-order valence-corrected chi connectivity index (χ3v) is 3.90. The zero-order chi connectivity index (χ0) is 16.4. The summed E-state index contributed by atoms with van der Waals surface area (Å²) in [6, 6.07) is 15.2. The number of hydrogen-bond donors (Lipinski definition) is 1. The van der Waals surface area contributed by atoms with E-state index < -0.39 is 0 Å². The maximum atomic E-state index is 12.2. The van der Waals surface area contributed by atoms with Gasteiger partial charge in [0.1, 0.15) is 0 Å². The number of ketones is 1. The average Bonchev–Trinajstić information content (AvgIpc) is 3.02. The van der Waals surface area contributed by atoms with Gasteiger partial charge in [-0.15, -0.1) is 0 Å². The van der Waals surface area contributed by atoms with Gasteiger partial charge in [0.05, 0.1) is 23.3 Å². The molecule has 1 N–H and O–H groups in total. The third-order valence-electron chi connectivity index (χ3n) is 3.90. The van der Waals surface area contributed by atoms with Crippen molar-refractivity contribution in [3.05, 3.63) is 65.4 Å². The van der Waals surface area contributed by atoms with Crippen molar-refractivity contribution in [2.45, 2.75) is 13.8 Å². The normalized spacial score (nSPS) is 11.9. The van der Waals surface area contributed by atoms with Crippen LogP contribution in [0.15, 0.2) is 48.7 Å². The van der Waals surface area contributed by atoms with E-state index in [0.717, 1.165) is 27.6 Å². The number of aromatic nitrogens is 2. The summed E-state index contributed by atoms with van der Waals surface area (Å²) < 4.78 is 0. The summed E-state index contributed by atoms with van der Waals surface area (Å²) in [5.41, 5.74) is 4.91. The smallest absolute Gasteiger partial charge is 0.160 e. The predicted molar refractivity (Wildman–Crippen MR) is 90.4 cm³/mol. The van der Waals surface area contributed by atoms with Crippen LogP contribution in [-0.2, 0) is 4.79 Å². The fourth-order valence-corrected chi connectivity index (χ4v) is 2.72. The minimum absolute atomic E-state index is 0.00899. The molecule has 0 saturated carbocycles. The van der Waals surface area contributed by atoms with Crippen LogP contribution < -0.4 is 0 Å². The zero-order valence-electron chi connectivity index (χ0n) is 12.9. The molecule has 1 heterocycles. The fourth-order valence-electron chi connectivity index (χ4n) is 2.72. The topological polar surface area (TPSA) is 69.5 Å². The van der Waals surface area contributed by atoms with Gasteiger partial charge in [0, 0.05) is 11.0 Å². The lowest BCUT2D eigenvalue weighted by molar-refractivity contribution is -0.111. The van der Waals surface area contributed by atoms with Crippen LogP contribution in [0.4, 0.5) is 0 Å². The second-order valence-corrected chi connectivity index (χ2v) is 5.42. The number of aromatic amines is 1. The number of Topliss-reactive ketones (excluding diaryl/α,β-unsaturated/α-hetero) is 1. The van der Waals surface area contributed by atoms with E-state index in [1.807, 2.05) is 37.3 Å². The summed E-state index contributed by atoms with van der Waals surface area (Å²) in [5, 5.41) is 16.8. The van der Waals surface area contributed by atoms with Crippen LogP contribution in [0.5, 0.6) is 0 Å². The molecule has 0 amide bonds. The molecule has 3 rings (SSSR count). The first kappa shape index (κ1) is 14.7. The summed E-state index contributed by atoms with van der Waals surface area (Å²) in [7, 11) is 0. The monoisotopic (exact) mass is 301 g/mol. The molecule has 112 valence electrons. The van der Waals surface area contributed by atoms with Crippen molar-refractivity contribution in [3.8, 4) is 6.07 Å². The Bertz CT molecular complexity index is 956. The standard InChI is InChI=1S/C19H15N3O/c1-12(15-5-3-14(10-20)4-6-15)19(13(2)23)16-7-8-18-17(9-16)11-21-22-18/h3-9,11H,1-2H3,(H,21,22)/b19-12-. The first-order valence-electron chi connectivity index (χ1n) is 7.26. The summed E-state index contributed by atoms with van der Waals surface area (Å²) in [5.74, 6) is 0.00899. The van der Waals surface area contributed by atoms with E-state index in [4.69, 9.17) is 5.26 Å². The van der Waals surface area contributed by atoms with Crippen LogP contribution in [-0.4, -0.2) is 16.0 Å². The van der Waals surface area contributed by atoms with Gasteiger partial charge in [0.2, 0.25) is 0 Å². The molecule has 0 saturated heterocycles. The molecule has 0 aliphatic rings. The highest BCUT2D eigenvalue weighted by atomic mass is 16.1. The summed E-state index contributed by atoms with van der Waals surface area (Å²) in [6.07, 6.45) is 1.74. The van der Waals surface area contributed by atoms with Crippen molar-refractivity contribution in [2.75, 3.05) is 0 Å². The molecule has 0 radical (unpaired) electrons. The molecule has 0 aliphatic heterocycles. The molecule has 23 heavy (non-hydrogen) atoms. The van der Waals surface area contributed by atoms with Gasteiger partial charge >= 0.3 is 0 Å². The summed E-state index contributed by atoms with van der Waals surface area (Å²) in [6.45, 7) is 3.50. The predicted octanol–water partition coefficient (Wildman–Crippen LogP) is 3.95. The number of rotatable bonds is 3. The second-order valence-electron chi connectivity index (χ2n) is 5.42. The Hall–Kier alpha value is -3.19. The molecule has 0 unspecified atom stereocenters. The maximum Gasteiger partial charge on any atom is 0.160 e. The molecule has 2 aromatic carbocycles. The van der Waals surface area contributed by atoms with Crippen molar-refractivity contribution in [2.24, 2.45) is 0 Å². The number of hydrogen-bond acceptors (Lipinski definition) is 3. The van der Waals surface area contributed by atoms with Crippen molar-refractivity contribution in [1.82, 2.24) is 10.2 Å². The lowest BCUT2D eigenvalue weighted by Crippen LogP contribution is -1.99. The van der Waals surface area contributed by atoms with Gasteiger partial charge in [0.15, 0.2) is 5.78 Å². The van der Waals surface area contributed by atoms with Gasteiger partial charge in [-0.3, -0.25) is 9.89 Å². The minimum atomic E-state index is 0.00899. The van der Waals surface area contributed by atoms with Gasteiger partial charge < -0.3 is 0 Å². The highest BCUT2D eigenvalue weighted by Crippen LogP contribution is 2.28. The molecular formula is C19H15N3O.